The molecule has 21 heavy (non-hydrogen) atoms. The Bertz CT molecular complexity index is 663. The van der Waals surface area contributed by atoms with Crippen molar-refractivity contribution in [3.8, 4) is 5.75 Å². The van der Waals surface area contributed by atoms with Gasteiger partial charge in [-0.15, -0.1) is 0 Å². The summed E-state index contributed by atoms with van der Waals surface area (Å²) in [4.78, 5) is 24.8. The lowest BCUT2D eigenvalue weighted by atomic mass is 10.2. The molecule has 0 saturated carbocycles. The second kappa shape index (κ2) is 6.13. The van der Waals surface area contributed by atoms with Crippen molar-refractivity contribution < 1.29 is 19.4 Å². The maximum Gasteiger partial charge on any atom is 0.323 e. The number of aliphatic carboxylic acids is 1. The molecule has 0 aliphatic heterocycles. The Labute approximate surface area is 122 Å². The number of anilines is 1. The Morgan fingerprint density at radius 2 is 1.95 bits per heavy atom. The summed E-state index contributed by atoms with van der Waals surface area (Å²) < 4.78 is 6.63. The molecule has 0 spiro atoms. The Hall–Kier alpha value is -2.76. The molecule has 1 N–H and O–H groups in total. The summed E-state index contributed by atoms with van der Waals surface area (Å²) in [7, 11) is 3.16. The monoisotopic (exact) mass is 288 g/mol. The van der Waals surface area contributed by atoms with E-state index in [1.165, 1.54) is 16.6 Å². The number of nitrogens with zero attached hydrogens (tertiary/aromatic N) is 2. The lowest BCUT2D eigenvalue weighted by molar-refractivity contribution is -0.137. The molecule has 0 aliphatic rings. The molecule has 1 aromatic carbocycles. The average molecular weight is 288 g/mol. The number of carboxylic acid groups (broad SMARTS) is 1. The van der Waals surface area contributed by atoms with Crippen molar-refractivity contribution in [2.75, 3.05) is 19.1 Å². The van der Waals surface area contributed by atoms with Gasteiger partial charge in [0.25, 0.3) is 5.91 Å². The van der Waals surface area contributed by atoms with Crippen LogP contribution >= 0.6 is 0 Å². The number of rotatable bonds is 5. The van der Waals surface area contributed by atoms with Crippen molar-refractivity contribution in [3.05, 3.63) is 48.3 Å². The highest BCUT2D eigenvalue weighted by molar-refractivity contribution is 6.05. The Kier molecular flexibility index (Phi) is 4.27. The van der Waals surface area contributed by atoms with Crippen molar-refractivity contribution in [2.45, 2.75) is 6.54 Å². The van der Waals surface area contributed by atoms with Gasteiger partial charge in [-0.1, -0.05) is 12.1 Å². The van der Waals surface area contributed by atoms with E-state index in [0.29, 0.717) is 17.1 Å². The minimum atomic E-state index is -1.000. The fraction of sp³-hybridized carbons (Fsp3) is 0.200. The molecular weight excluding hydrogens is 272 g/mol. The second-order valence-corrected chi connectivity index (χ2v) is 4.45. The Morgan fingerprint density at radius 1 is 1.24 bits per heavy atom. The number of ether oxygens (including phenoxy) is 1. The van der Waals surface area contributed by atoms with Crippen LogP contribution in [0.2, 0.25) is 0 Å². The van der Waals surface area contributed by atoms with Crippen LogP contribution in [0, 0.1) is 0 Å². The first-order valence-corrected chi connectivity index (χ1v) is 6.32. The van der Waals surface area contributed by atoms with E-state index in [-0.39, 0.29) is 12.5 Å². The first kappa shape index (κ1) is 14.6. The molecule has 6 nitrogen and oxygen atoms in total. The number of carbonyl (C=O) groups excluding carboxylic acids is 1. The minimum Gasteiger partial charge on any atom is -0.495 e. The third-order valence-electron chi connectivity index (χ3n) is 3.11. The Balaban J connectivity index is 2.31. The Morgan fingerprint density at radius 3 is 2.62 bits per heavy atom. The fourth-order valence-electron chi connectivity index (χ4n) is 2.08. The summed E-state index contributed by atoms with van der Waals surface area (Å²) in [5.41, 5.74) is 0.930. The van der Waals surface area contributed by atoms with E-state index < -0.39 is 5.97 Å². The third kappa shape index (κ3) is 3.05. The van der Waals surface area contributed by atoms with Crippen LogP contribution in [0.3, 0.4) is 0 Å². The van der Waals surface area contributed by atoms with Crippen LogP contribution in [0.25, 0.3) is 0 Å². The molecule has 0 bridgehead atoms. The molecule has 2 rings (SSSR count). The van der Waals surface area contributed by atoms with Gasteiger partial charge >= 0.3 is 5.97 Å². The molecule has 0 saturated heterocycles. The lowest BCUT2D eigenvalue weighted by Gasteiger charge is -2.20. The molecule has 0 fully saturated rings. The van der Waals surface area contributed by atoms with Crippen LogP contribution in [-0.4, -0.2) is 35.7 Å². The molecule has 0 atom stereocenters. The number of carbonyl (C=O) groups is 2. The molecule has 1 heterocycles. The van der Waals surface area contributed by atoms with Gasteiger partial charge in [0, 0.05) is 13.2 Å². The van der Waals surface area contributed by atoms with Crippen molar-refractivity contribution in [1.82, 2.24) is 4.57 Å². The average Bonchev–Trinajstić information content (AvgIpc) is 2.92. The van der Waals surface area contributed by atoms with E-state index in [1.807, 2.05) is 6.07 Å². The summed E-state index contributed by atoms with van der Waals surface area (Å²) in [6.45, 7) is -0.256. The minimum absolute atomic E-state index is 0.256. The number of carboxylic acids is 1. The smallest absolute Gasteiger partial charge is 0.323 e. The van der Waals surface area contributed by atoms with Crippen LogP contribution in [-0.2, 0) is 11.3 Å². The maximum atomic E-state index is 12.5. The van der Waals surface area contributed by atoms with Gasteiger partial charge in [-0.05, 0) is 24.3 Å². The molecule has 110 valence electrons. The molecule has 0 radical (unpaired) electrons. The second-order valence-electron chi connectivity index (χ2n) is 4.45. The van der Waals surface area contributed by atoms with E-state index in [4.69, 9.17) is 9.84 Å². The van der Waals surface area contributed by atoms with Crippen molar-refractivity contribution in [1.29, 1.82) is 0 Å². The number of methoxy groups -OCH3 is 1. The van der Waals surface area contributed by atoms with E-state index in [2.05, 4.69) is 0 Å². The van der Waals surface area contributed by atoms with Crippen LogP contribution in [0.5, 0.6) is 5.75 Å². The van der Waals surface area contributed by atoms with Crippen LogP contribution in [0.15, 0.2) is 42.6 Å². The molecule has 2 aromatic rings. The number of benzene rings is 1. The van der Waals surface area contributed by atoms with Crippen LogP contribution in [0.1, 0.15) is 10.5 Å². The van der Waals surface area contributed by atoms with E-state index in [9.17, 15) is 9.59 Å². The van der Waals surface area contributed by atoms with Crippen molar-refractivity contribution >= 4 is 17.6 Å². The topological polar surface area (TPSA) is 71.8 Å². The zero-order valence-corrected chi connectivity index (χ0v) is 11.8. The summed E-state index contributed by atoms with van der Waals surface area (Å²) in [5, 5.41) is 8.86. The predicted octanol–water partition coefficient (Wildman–Crippen LogP) is 1.86. The summed E-state index contributed by atoms with van der Waals surface area (Å²) in [6, 6.07) is 10.4. The largest absolute Gasteiger partial charge is 0.495 e. The lowest BCUT2D eigenvalue weighted by Crippen LogP contribution is -2.29. The maximum absolute atomic E-state index is 12.5. The van der Waals surface area contributed by atoms with Gasteiger partial charge in [-0.2, -0.15) is 0 Å². The molecule has 6 heteroatoms. The summed E-state index contributed by atoms with van der Waals surface area (Å²) in [5.74, 6) is -0.726. The van der Waals surface area contributed by atoms with Gasteiger partial charge in [0.2, 0.25) is 0 Å². The number of aromatic nitrogens is 1. The fourth-order valence-corrected chi connectivity index (χ4v) is 2.08. The standard InChI is InChI=1S/C15H16N2O4/c1-16(11-6-3-4-8-13(11)21-2)15(20)12-7-5-9-17(12)10-14(18)19/h3-9H,10H2,1-2H3,(H,18,19). The number of amides is 1. The van der Waals surface area contributed by atoms with Crippen LogP contribution < -0.4 is 9.64 Å². The van der Waals surface area contributed by atoms with Crippen molar-refractivity contribution in [2.24, 2.45) is 0 Å². The van der Waals surface area contributed by atoms with Gasteiger partial charge in [0.05, 0.1) is 12.8 Å². The first-order valence-electron chi connectivity index (χ1n) is 6.32. The quantitative estimate of drug-likeness (QED) is 0.911. The summed E-state index contributed by atoms with van der Waals surface area (Å²) >= 11 is 0. The highest BCUT2D eigenvalue weighted by Gasteiger charge is 2.20. The van der Waals surface area contributed by atoms with Crippen LogP contribution in [0.4, 0.5) is 5.69 Å². The van der Waals surface area contributed by atoms with Gasteiger partial charge in [-0.3, -0.25) is 9.59 Å². The van der Waals surface area contributed by atoms with Gasteiger partial charge in [-0.25, -0.2) is 0 Å². The molecule has 1 amide bonds. The van der Waals surface area contributed by atoms with E-state index in [0.717, 1.165) is 0 Å². The van der Waals surface area contributed by atoms with Gasteiger partial charge in [0.15, 0.2) is 0 Å². The van der Waals surface area contributed by atoms with E-state index >= 15 is 0 Å². The normalized spacial score (nSPS) is 10.2. The molecule has 0 unspecified atom stereocenters. The predicted molar refractivity (Wildman–Crippen MR) is 77.8 cm³/mol. The number of hydrogen-bond acceptors (Lipinski definition) is 3. The zero-order chi connectivity index (χ0) is 15.4. The molecule has 1 aromatic heterocycles. The first-order chi connectivity index (χ1) is 10.0. The highest BCUT2D eigenvalue weighted by atomic mass is 16.5. The molecule has 0 aliphatic carbocycles. The van der Waals surface area contributed by atoms with Crippen molar-refractivity contribution in [3.63, 3.8) is 0 Å². The van der Waals surface area contributed by atoms with Gasteiger partial charge in [0.1, 0.15) is 18.0 Å². The van der Waals surface area contributed by atoms with Gasteiger partial charge < -0.3 is 19.3 Å². The highest BCUT2D eigenvalue weighted by Crippen LogP contribution is 2.27. The number of para-hydroxylation sites is 2. The van der Waals surface area contributed by atoms with E-state index in [1.54, 1.807) is 43.6 Å². The zero-order valence-electron chi connectivity index (χ0n) is 11.8. The third-order valence-corrected chi connectivity index (χ3v) is 3.11. The summed E-state index contributed by atoms with van der Waals surface area (Å²) in [6.07, 6.45) is 1.57. The number of hydrogen-bond donors (Lipinski definition) is 1. The SMILES string of the molecule is COc1ccccc1N(C)C(=O)c1cccn1CC(=O)O. The molecular formula is C15H16N2O4.